The van der Waals surface area contributed by atoms with Crippen LogP contribution >= 0.6 is 0 Å². The van der Waals surface area contributed by atoms with Gasteiger partial charge in [0, 0.05) is 38.3 Å². The van der Waals surface area contributed by atoms with Crippen LogP contribution in [-0.2, 0) is 10.8 Å². The second-order valence-electron chi connectivity index (χ2n) is 22.5. The molecule has 3 nitrogen and oxygen atoms in total. The first kappa shape index (κ1) is 43.5. The fourth-order valence-corrected chi connectivity index (χ4v) is 16.0. The molecule has 1 atom stereocenters. The standard InChI is InChI=1S/C78H46N2O/c1-2-24-57-55(22-1)71(46-68-74(57)59-25-6-12-32-64(59)77(68)61-29-9-3-19-51(61)52-20-4-10-30-62(52)77)79(48-41-39-47(40-42-48)50-27-18-38-73-75(50)60-26-8-16-37-72(60)81-73)49-43-44-54-53-21-5-11-31-63(53)78(67(54)45-49)65-33-13-15-36-70(65)80-69-35-14-7-23-56(69)58-28-17-34-66(78)76(58)80/h1-46H. The monoisotopic (exact) mass is 1030 g/mol. The molecule has 3 heteroatoms. The molecule has 2 aromatic heterocycles. The van der Waals surface area contributed by atoms with Crippen LogP contribution in [0.15, 0.2) is 283 Å². The molecular weight excluding hydrogens is 981 g/mol. The summed E-state index contributed by atoms with van der Waals surface area (Å²) >= 11 is 0. The maximum Gasteiger partial charge on any atom is 0.136 e. The molecule has 0 bridgehead atoms. The summed E-state index contributed by atoms with van der Waals surface area (Å²) in [4.78, 5) is 2.58. The van der Waals surface area contributed by atoms with Gasteiger partial charge >= 0.3 is 0 Å². The number of hydrogen-bond donors (Lipinski definition) is 0. The van der Waals surface area contributed by atoms with Crippen LogP contribution < -0.4 is 4.90 Å². The van der Waals surface area contributed by atoms with Gasteiger partial charge in [0.05, 0.1) is 33.2 Å². The third kappa shape index (κ3) is 5.30. The highest BCUT2D eigenvalue weighted by Crippen LogP contribution is 2.66. The zero-order valence-electron chi connectivity index (χ0n) is 43.9. The molecule has 13 aromatic carbocycles. The largest absolute Gasteiger partial charge is 0.456 e. The van der Waals surface area contributed by atoms with Crippen molar-refractivity contribution in [3.63, 3.8) is 0 Å². The van der Waals surface area contributed by atoms with Crippen molar-refractivity contribution >= 4 is 71.6 Å². The predicted molar refractivity (Wildman–Crippen MR) is 333 cm³/mol. The highest BCUT2D eigenvalue weighted by Gasteiger charge is 2.54. The molecular formula is C78H46N2O. The molecule has 3 aliphatic carbocycles. The van der Waals surface area contributed by atoms with Crippen molar-refractivity contribution in [1.82, 2.24) is 4.57 Å². The van der Waals surface area contributed by atoms with Crippen LogP contribution in [0.5, 0.6) is 0 Å². The molecule has 0 amide bonds. The quantitative estimate of drug-likeness (QED) is 0.175. The van der Waals surface area contributed by atoms with Gasteiger partial charge in [-0.1, -0.05) is 224 Å². The lowest BCUT2D eigenvalue weighted by Crippen LogP contribution is -2.33. The minimum absolute atomic E-state index is 0.550. The fourth-order valence-electron chi connectivity index (χ4n) is 16.0. The zero-order valence-corrected chi connectivity index (χ0v) is 43.9. The molecule has 2 spiro atoms. The van der Waals surface area contributed by atoms with Gasteiger partial charge in [0.2, 0.25) is 0 Å². The van der Waals surface area contributed by atoms with Crippen LogP contribution in [0.1, 0.15) is 44.5 Å². The van der Waals surface area contributed by atoms with Gasteiger partial charge in [-0.2, -0.15) is 0 Å². The first-order valence-electron chi connectivity index (χ1n) is 28.2. The van der Waals surface area contributed by atoms with Crippen molar-refractivity contribution in [2.24, 2.45) is 0 Å². The Morgan fingerprint density at radius 1 is 0.309 bits per heavy atom. The Morgan fingerprint density at radius 2 is 0.815 bits per heavy atom. The fraction of sp³-hybridized carbons (Fsp3) is 0.0256. The van der Waals surface area contributed by atoms with Crippen molar-refractivity contribution in [3.05, 3.63) is 324 Å². The van der Waals surface area contributed by atoms with E-state index < -0.39 is 10.8 Å². The van der Waals surface area contributed by atoms with Crippen LogP contribution in [0.2, 0.25) is 0 Å². The molecule has 0 fully saturated rings. The van der Waals surface area contributed by atoms with Crippen LogP contribution in [0.25, 0.3) is 105 Å². The Kier molecular flexibility index (Phi) is 8.39. The Morgan fingerprint density at radius 3 is 1.56 bits per heavy atom. The summed E-state index contributed by atoms with van der Waals surface area (Å²) in [5.74, 6) is 0. The summed E-state index contributed by atoms with van der Waals surface area (Å²) in [5.41, 5.74) is 28.1. The molecule has 0 radical (unpaired) electrons. The Hall–Kier alpha value is -10.5. The maximum absolute atomic E-state index is 6.45. The number of rotatable bonds is 4. The molecule has 0 N–H and O–H groups in total. The average molecular weight is 1030 g/mol. The summed E-state index contributed by atoms with van der Waals surface area (Å²) in [6.07, 6.45) is 0. The molecule has 4 aliphatic rings. The Labute approximate surface area is 467 Å². The smallest absolute Gasteiger partial charge is 0.136 e. The SMILES string of the molecule is c1ccc2c(c1)-c1ccccc1C21c2ccccc2-c2c1cc(N(c1ccc(-c3cccc4oc5ccccc5c34)cc1)c1ccc3c(c1)C1(c4ccccc4-3)c3ccccc3-n3c4ccccc4c4cccc1c43)c1ccccc21. The van der Waals surface area contributed by atoms with Crippen LogP contribution in [0.3, 0.4) is 0 Å². The Balaban J connectivity index is 0.917. The van der Waals surface area contributed by atoms with Gasteiger partial charge in [0.25, 0.3) is 0 Å². The maximum atomic E-state index is 6.45. The molecule has 3 heterocycles. The van der Waals surface area contributed by atoms with Crippen molar-refractivity contribution < 1.29 is 4.42 Å². The number of furan rings is 1. The van der Waals surface area contributed by atoms with E-state index in [9.17, 15) is 0 Å². The highest BCUT2D eigenvalue weighted by atomic mass is 16.3. The first-order chi connectivity index (χ1) is 40.2. The van der Waals surface area contributed by atoms with E-state index in [1.165, 1.54) is 116 Å². The lowest BCUT2D eigenvalue weighted by Gasteiger charge is -2.40. The first-order valence-corrected chi connectivity index (χ1v) is 28.2. The number of fused-ring (bicyclic) bond motifs is 27. The normalized spacial score (nSPS) is 15.3. The van der Waals surface area contributed by atoms with E-state index in [0.717, 1.165) is 50.1 Å². The van der Waals surface area contributed by atoms with Crippen molar-refractivity contribution in [3.8, 4) is 50.2 Å². The lowest BCUT2D eigenvalue weighted by molar-refractivity contribution is 0.669. The number of benzene rings is 13. The van der Waals surface area contributed by atoms with E-state index >= 15 is 0 Å². The minimum Gasteiger partial charge on any atom is -0.456 e. The minimum atomic E-state index is -0.632. The van der Waals surface area contributed by atoms with Crippen molar-refractivity contribution in [2.45, 2.75) is 10.8 Å². The highest BCUT2D eigenvalue weighted by molar-refractivity contribution is 6.16. The molecule has 1 unspecified atom stereocenters. The number of anilines is 3. The third-order valence-corrected chi connectivity index (χ3v) is 19.0. The molecule has 0 saturated heterocycles. The van der Waals surface area contributed by atoms with E-state index in [1.807, 2.05) is 6.07 Å². The van der Waals surface area contributed by atoms with Gasteiger partial charge in [-0.05, 0) is 149 Å². The van der Waals surface area contributed by atoms with Gasteiger partial charge in [0.1, 0.15) is 11.2 Å². The molecule has 19 rings (SSSR count). The van der Waals surface area contributed by atoms with E-state index in [1.54, 1.807) is 0 Å². The molecule has 15 aromatic rings. The summed E-state index contributed by atoms with van der Waals surface area (Å²) < 4.78 is 8.99. The third-order valence-electron chi connectivity index (χ3n) is 19.0. The topological polar surface area (TPSA) is 21.3 Å². The van der Waals surface area contributed by atoms with Gasteiger partial charge in [-0.25, -0.2) is 0 Å². The van der Waals surface area contributed by atoms with Crippen LogP contribution in [0.4, 0.5) is 17.1 Å². The molecule has 0 saturated carbocycles. The summed E-state index contributed by atoms with van der Waals surface area (Å²) in [6.45, 7) is 0. The van der Waals surface area contributed by atoms with Gasteiger partial charge in [-0.3, -0.25) is 0 Å². The second kappa shape index (κ2) is 15.6. The van der Waals surface area contributed by atoms with Crippen LogP contribution in [-0.4, -0.2) is 4.57 Å². The number of nitrogens with zero attached hydrogens (tertiary/aromatic N) is 2. The summed E-state index contributed by atoms with van der Waals surface area (Å²) in [7, 11) is 0. The molecule has 374 valence electrons. The van der Waals surface area contributed by atoms with E-state index in [-0.39, 0.29) is 0 Å². The van der Waals surface area contributed by atoms with Gasteiger partial charge in [0.15, 0.2) is 0 Å². The summed E-state index contributed by atoms with van der Waals surface area (Å²) in [5, 5.41) is 7.23. The van der Waals surface area contributed by atoms with E-state index in [2.05, 4.69) is 282 Å². The average Bonchev–Trinajstić information content (AvgIpc) is 4.16. The summed E-state index contributed by atoms with van der Waals surface area (Å²) in [6, 6.07) is 105. The second-order valence-corrected chi connectivity index (χ2v) is 22.5. The molecule has 81 heavy (non-hydrogen) atoms. The number of para-hydroxylation sites is 4. The van der Waals surface area contributed by atoms with E-state index in [4.69, 9.17) is 4.42 Å². The predicted octanol–water partition coefficient (Wildman–Crippen LogP) is 20.0. The van der Waals surface area contributed by atoms with Crippen molar-refractivity contribution in [1.29, 1.82) is 0 Å². The lowest BCUT2D eigenvalue weighted by atomic mass is 9.65. The van der Waals surface area contributed by atoms with E-state index in [0.29, 0.717) is 0 Å². The Bertz CT molecular complexity index is 5220. The zero-order chi connectivity index (χ0) is 52.7. The number of aromatic nitrogens is 1. The molecule has 1 aliphatic heterocycles. The van der Waals surface area contributed by atoms with Crippen molar-refractivity contribution in [2.75, 3.05) is 4.90 Å². The van der Waals surface area contributed by atoms with Gasteiger partial charge < -0.3 is 13.9 Å². The number of hydrogen-bond acceptors (Lipinski definition) is 2. The van der Waals surface area contributed by atoms with Crippen LogP contribution in [0, 0.1) is 0 Å². The van der Waals surface area contributed by atoms with Gasteiger partial charge in [-0.15, -0.1) is 0 Å².